The number of hydrogen-bond donors (Lipinski definition) is 0. The number of carbonyl (C=O) groups excluding carboxylic acids is 1. The molecule has 1 aromatic rings. The van der Waals surface area contributed by atoms with E-state index in [9.17, 15) is 13.2 Å². The molecule has 0 aliphatic carbocycles. The predicted octanol–water partition coefficient (Wildman–Crippen LogP) is 1.25. The molecule has 1 aromatic heterocycles. The molecule has 140 valence electrons. The first-order chi connectivity index (χ1) is 11.8. The van der Waals surface area contributed by atoms with Crippen molar-refractivity contribution >= 4 is 27.3 Å². The monoisotopic (exact) mass is 385 g/mol. The van der Waals surface area contributed by atoms with Gasteiger partial charge in [0.05, 0.1) is 12.7 Å². The van der Waals surface area contributed by atoms with E-state index in [0.717, 1.165) is 43.9 Å². The Balaban J connectivity index is 1.58. The maximum atomic E-state index is 12.5. The Morgan fingerprint density at radius 3 is 2.48 bits per heavy atom. The number of rotatable bonds is 5. The zero-order valence-corrected chi connectivity index (χ0v) is 16.6. The van der Waals surface area contributed by atoms with E-state index in [1.165, 1.54) is 6.26 Å². The van der Waals surface area contributed by atoms with Crippen LogP contribution in [0.2, 0.25) is 0 Å². The Morgan fingerprint density at radius 2 is 1.96 bits per heavy atom. The van der Waals surface area contributed by atoms with Gasteiger partial charge in [0.25, 0.3) is 0 Å². The minimum Gasteiger partial charge on any atom is -0.340 e. The van der Waals surface area contributed by atoms with Crippen LogP contribution in [0.4, 0.5) is 0 Å². The highest BCUT2D eigenvalue weighted by Gasteiger charge is 2.45. The van der Waals surface area contributed by atoms with Crippen LogP contribution >= 0.6 is 11.3 Å². The molecule has 0 bridgehead atoms. The molecule has 1 unspecified atom stereocenters. The van der Waals surface area contributed by atoms with Crippen molar-refractivity contribution in [1.82, 2.24) is 14.1 Å². The third kappa shape index (κ3) is 4.07. The van der Waals surface area contributed by atoms with Crippen LogP contribution in [0.3, 0.4) is 0 Å². The van der Waals surface area contributed by atoms with Crippen molar-refractivity contribution in [2.24, 2.45) is 0 Å². The van der Waals surface area contributed by atoms with Gasteiger partial charge >= 0.3 is 0 Å². The van der Waals surface area contributed by atoms with E-state index in [1.807, 2.05) is 22.4 Å². The number of hydrogen-bond acceptors (Lipinski definition) is 5. The standard InChI is InChI=1S/C17H27N3O3S2/c1-3-17(6-7-20(14-17)25(2,22)23)19-10-8-18(9-11-19)16(21)13-15-5-4-12-24-15/h4-5,12H,3,6-11,13-14H2,1-2H3. The van der Waals surface area contributed by atoms with E-state index in [0.29, 0.717) is 19.5 Å². The fourth-order valence-electron chi connectivity index (χ4n) is 3.98. The molecule has 6 nitrogen and oxygen atoms in total. The molecule has 3 heterocycles. The van der Waals surface area contributed by atoms with Gasteiger partial charge in [0.15, 0.2) is 0 Å². The summed E-state index contributed by atoms with van der Waals surface area (Å²) in [4.78, 5) is 17.9. The van der Waals surface area contributed by atoms with Crippen molar-refractivity contribution in [3.8, 4) is 0 Å². The molecular formula is C17H27N3O3S2. The van der Waals surface area contributed by atoms with Crippen LogP contribution in [0.1, 0.15) is 24.6 Å². The number of sulfonamides is 1. The normalized spacial score (nSPS) is 26.2. The molecule has 0 N–H and O–H groups in total. The predicted molar refractivity (Wildman–Crippen MR) is 100 cm³/mol. The van der Waals surface area contributed by atoms with Gasteiger partial charge in [-0.05, 0) is 24.3 Å². The number of nitrogens with zero attached hydrogens (tertiary/aromatic N) is 3. The van der Waals surface area contributed by atoms with Crippen LogP contribution in [-0.2, 0) is 21.2 Å². The van der Waals surface area contributed by atoms with Crippen LogP contribution in [0, 0.1) is 0 Å². The van der Waals surface area contributed by atoms with Crippen molar-refractivity contribution in [3.05, 3.63) is 22.4 Å². The highest BCUT2D eigenvalue weighted by Crippen LogP contribution is 2.33. The molecule has 1 amide bonds. The van der Waals surface area contributed by atoms with Gasteiger partial charge in [0, 0.05) is 49.7 Å². The Hall–Kier alpha value is -0.960. The van der Waals surface area contributed by atoms with Gasteiger partial charge < -0.3 is 4.90 Å². The first-order valence-electron chi connectivity index (χ1n) is 8.84. The highest BCUT2D eigenvalue weighted by atomic mass is 32.2. The lowest BCUT2D eigenvalue weighted by atomic mass is 9.92. The molecule has 25 heavy (non-hydrogen) atoms. The summed E-state index contributed by atoms with van der Waals surface area (Å²) in [6, 6.07) is 3.98. The third-order valence-electron chi connectivity index (χ3n) is 5.63. The Morgan fingerprint density at radius 1 is 1.24 bits per heavy atom. The van der Waals surface area contributed by atoms with Gasteiger partial charge in [0.2, 0.25) is 15.9 Å². The van der Waals surface area contributed by atoms with E-state index in [4.69, 9.17) is 0 Å². The Labute approximate surface area is 154 Å². The summed E-state index contributed by atoms with van der Waals surface area (Å²) in [5, 5.41) is 2.00. The molecule has 0 saturated carbocycles. The molecule has 1 atom stereocenters. The van der Waals surface area contributed by atoms with Gasteiger partial charge in [-0.25, -0.2) is 12.7 Å². The molecule has 0 aromatic carbocycles. The van der Waals surface area contributed by atoms with Crippen molar-refractivity contribution in [2.45, 2.75) is 31.7 Å². The van der Waals surface area contributed by atoms with E-state index >= 15 is 0 Å². The molecule has 0 spiro atoms. The van der Waals surface area contributed by atoms with Gasteiger partial charge in [-0.15, -0.1) is 11.3 Å². The number of piperazine rings is 1. The molecule has 2 fully saturated rings. The van der Waals surface area contributed by atoms with Gasteiger partial charge in [-0.1, -0.05) is 13.0 Å². The quantitative estimate of drug-likeness (QED) is 0.765. The van der Waals surface area contributed by atoms with Crippen LogP contribution < -0.4 is 0 Å². The first-order valence-corrected chi connectivity index (χ1v) is 11.6. The SMILES string of the molecule is CCC1(N2CCN(C(=O)Cc3cccs3)CC2)CCN(S(C)(=O)=O)C1. The van der Waals surface area contributed by atoms with Gasteiger partial charge in [0.1, 0.15) is 0 Å². The average Bonchev–Trinajstić information content (AvgIpc) is 3.24. The minimum absolute atomic E-state index is 0.0774. The van der Waals surface area contributed by atoms with E-state index in [2.05, 4.69) is 11.8 Å². The Bertz CT molecular complexity index is 697. The summed E-state index contributed by atoms with van der Waals surface area (Å²) in [5.74, 6) is 0.192. The van der Waals surface area contributed by atoms with E-state index in [-0.39, 0.29) is 11.4 Å². The van der Waals surface area contributed by atoms with Crippen molar-refractivity contribution in [1.29, 1.82) is 0 Å². The lowest BCUT2D eigenvalue weighted by Crippen LogP contribution is -2.59. The van der Waals surface area contributed by atoms with Gasteiger partial charge in [-0.3, -0.25) is 9.69 Å². The molecule has 2 aliphatic rings. The molecule has 8 heteroatoms. The highest BCUT2D eigenvalue weighted by molar-refractivity contribution is 7.88. The van der Waals surface area contributed by atoms with Crippen molar-refractivity contribution in [2.75, 3.05) is 45.5 Å². The second-order valence-electron chi connectivity index (χ2n) is 7.05. The summed E-state index contributed by atoms with van der Waals surface area (Å²) in [5.41, 5.74) is -0.0774. The zero-order chi connectivity index (χ0) is 18.1. The third-order valence-corrected chi connectivity index (χ3v) is 7.76. The van der Waals surface area contributed by atoms with Crippen LogP contribution in [-0.4, -0.2) is 79.5 Å². The number of amides is 1. The maximum absolute atomic E-state index is 12.5. The zero-order valence-electron chi connectivity index (χ0n) is 15.0. The molecule has 0 radical (unpaired) electrons. The fourth-order valence-corrected chi connectivity index (χ4v) is 5.57. The smallest absolute Gasteiger partial charge is 0.227 e. The van der Waals surface area contributed by atoms with Gasteiger partial charge in [-0.2, -0.15) is 0 Å². The molecular weight excluding hydrogens is 358 g/mol. The molecule has 2 saturated heterocycles. The summed E-state index contributed by atoms with van der Waals surface area (Å²) in [7, 11) is -3.13. The minimum atomic E-state index is -3.13. The largest absolute Gasteiger partial charge is 0.340 e. The fraction of sp³-hybridized carbons (Fsp3) is 0.706. The lowest BCUT2D eigenvalue weighted by Gasteiger charge is -2.45. The second kappa shape index (κ2) is 7.34. The van der Waals surface area contributed by atoms with Crippen LogP contribution in [0.15, 0.2) is 17.5 Å². The lowest BCUT2D eigenvalue weighted by molar-refractivity contribution is -0.133. The van der Waals surface area contributed by atoms with E-state index < -0.39 is 10.0 Å². The summed E-state index contributed by atoms with van der Waals surface area (Å²) in [6.45, 7) is 6.41. The summed E-state index contributed by atoms with van der Waals surface area (Å²) >= 11 is 1.62. The van der Waals surface area contributed by atoms with Crippen molar-refractivity contribution < 1.29 is 13.2 Å². The topological polar surface area (TPSA) is 60.9 Å². The summed E-state index contributed by atoms with van der Waals surface area (Å²) in [6.07, 6.45) is 3.58. The second-order valence-corrected chi connectivity index (χ2v) is 10.1. The number of thiophene rings is 1. The van der Waals surface area contributed by atoms with Crippen LogP contribution in [0.25, 0.3) is 0 Å². The van der Waals surface area contributed by atoms with Crippen molar-refractivity contribution in [3.63, 3.8) is 0 Å². The number of carbonyl (C=O) groups is 1. The Kier molecular flexibility index (Phi) is 5.53. The van der Waals surface area contributed by atoms with Crippen LogP contribution in [0.5, 0.6) is 0 Å². The molecule has 3 rings (SSSR count). The summed E-state index contributed by atoms with van der Waals surface area (Å²) < 4.78 is 25.3. The molecule has 2 aliphatic heterocycles. The first kappa shape index (κ1) is 18.8. The average molecular weight is 386 g/mol. The van der Waals surface area contributed by atoms with E-state index in [1.54, 1.807) is 15.6 Å². The maximum Gasteiger partial charge on any atom is 0.227 e.